The third kappa shape index (κ3) is 2.69. The Morgan fingerprint density at radius 1 is 1.44 bits per heavy atom. The number of nitrogens with two attached hydrogens (primary N) is 1. The lowest BCUT2D eigenvalue weighted by Crippen LogP contribution is -2.30. The van der Waals surface area contributed by atoms with Crippen molar-refractivity contribution >= 4 is 5.82 Å². The second-order valence-electron chi connectivity index (χ2n) is 5.33. The zero-order chi connectivity index (χ0) is 13.1. The van der Waals surface area contributed by atoms with Crippen LogP contribution in [-0.4, -0.2) is 28.9 Å². The third-order valence-corrected chi connectivity index (χ3v) is 3.72. The van der Waals surface area contributed by atoms with E-state index in [9.17, 15) is 0 Å². The highest BCUT2D eigenvalue weighted by atomic mass is 15.4. The molecule has 0 spiro atoms. The van der Waals surface area contributed by atoms with Gasteiger partial charge in [0, 0.05) is 25.2 Å². The van der Waals surface area contributed by atoms with Crippen LogP contribution in [-0.2, 0) is 13.5 Å². The van der Waals surface area contributed by atoms with E-state index in [0.717, 1.165) is 24.7 Å². The zero-order valence-corrected chi connectivity index (χ0v) is 11.9. The van der Waals surface area contributed by atoms with E-state index in [4.69, 9.17) is 5.73 Å². The van der Waals surface area contributed by atoms with Gasteiger partial charge in [-0.3, -0.25) is 4.68 Å². The number of aryl methyl sites for hydroxylation is 2. The number of hydrogen-bond donors (Lipinski definition) is 1. The predicted molar refractivity (Wildman–Crippen MR) is 76.0 cm³/mol. The molecule has 0 atom stereocenters. The second kappa shape index (κ2) is 5.74. The van der Waals surface area contributed by atoms with Gasteiger partial charge in [-0.1, -0.05) is 13.3 Å². The summed E-state index contributed by atoms with van der Waals surface area (Å²) in [5, 5.41) is 4.59. The lowest BCUT2D eigenvalue weighted by atomic mass is 10.1. The number of unbranched alkanes of at least 4 members (excludes halogenated alkanes) is 1. The molecule has 0 saturated heterocycles. The molecule has 0 amide bonds. The molecule has 1 aliphatic rings. The van der Waals surface area contributed by atoms with Gasteiger partial charge >= 0.3 is 0 Å². The van der Waals surface area contributed by atoms with Gasteiger partial charge in [-0.05, 0) is 39.2 Å². The molecular weight excluding hydrogens is 224 g/mol. The van der Waals surface area contributed by atoms with E-state index >= 15 is 0 Å². The lowest BCUT2D eigenvalue weighted by molar-refractivity contribution is 0.660. The second-order valence-corrected chi connectivity index (χ2v) is 5.33. The molecule has 4 nitrogen and oxygen atoms in total. The van der Waals surface area contributed by atoms with Crippen LogP contribution in [0.25, 0.3) is 0 Å². The molecule has 1 heterocycles. The minimum absolute atomic E-state index is 0.700. The van der Waals surface area contributed by atoms with Crippen LogP contribution >= 0.6 is 0 Å². The Morgan fingerprint density at radius 3 is 2.72 bits per heavy atom. The van der Waals surface area contributed by atoms with Gasteiger partial charge in [-0.2, -0.15) is 5.10 Å². The minimum Gasteiger partial charge on any atom is -0.354 e. The van der Waals surface area contributed by atoms with E-state index in [1.165, 1.54) is 37.1 Å². The molecule has 1 aromatic rings. The molecule has 0 bridgehead atoms. The predicted octanol–water partition coefficient (Wildman–Crippen LogP) is 2.00. The Morgan fingerprint density at radius 2 is 2.17 bits per heavy atom. The zero-order valence-electron chi connectivity index (χ0n) is 11.9. The van der Waals surface area contributed by atoms with Crippen molar-refractivity contribution in [3.8, 4) is 0 Å². The Kier molecular flexibility index (Phi) is 4.27. The van der Waals surface area contributed by atoms with Crippen molar-refractivity contribution in [3.63, 3.8) is 0 Å². The quantitative estimate of drug-likeness (QED) is 0.805. The van der Waals surface area contributed by atoms with Crippen LogP contribution < -0.4 is 10.6 Å². The summed E-state index contributed by atoms with van der Waals surface area (Å²) in [5.41, 5.74) is 8.23. The highest BCUT2D eigenvalue weighted by molar-refractivity contribution is 5.52. The smallest absolute Gasteiger partial charge is 0.130 e. The van der Waals surface area contributed by atoms with Gasteiger partial charge in [-0.15, -0.1) is 0 Å². The normalized spacial score (nSPS) is 15.1. The first-order valence-electron chi connectivity index (χ1n) is 7.18. The van der Waals surface area contributed by atoms with E-state index in [-0.39, 0.29) is 0 Å². The summed E-state index contributed by atoms with van der Waals surface area (Å²) in [7, 11) is 2.06. The van der Waals surface area contributed by atoms with Crippen LogP contribution in [0, 0.1) is 6.92 Å². The van der Waals surface area contributed by atoms with Gasteiger partial charge in [0.25, 0.3) is 0 Å². The summed E-state index contributed by atoms with van der Waals surface area (Å²) < 4.78 is 2.05. The number of anilines is 1. The monoisotopic (exact) mass is 250 g/mol. The van der Waals surface area contributed by atoms with Crippen molar-refractivity contribution in [1.29, 1.82) is 0 Å². The molecule has 1 fully saturated rings. The summed E-state index contributed by atoms with van der Waals surface area (Å²) in [6, 6.07) is 0.739. The Labute approximate surface area is 110 Å². The molecule has 2 N–H and O–H groups in total. The molecule has 1 aliphatic carbocycles. The van der Waals surface area contributed by atoms with Crippen LogP contribution in [0.2, 0.25) is 0 Å². The number of aromatic nitrogens is 2. The summed E-state index contributed by atoms with van der Waals surface area (Å²) in [5.74, 6) is 1.31. The summed E-state index contributed by atoms with van der Waals surface area (Å²) in [6.07, 6.45) is 6.09. The van der Waals surface area contributed by atoms with E-state index < -0.39 is 0 Å². The fourth-order valence-electron chi connectivity index (χ4n) is 2.66. The first-order chi connectivity index (χ1) is 8.69. The SMILES string of the molecule is CCCCN(c1c(CCN)c(C)nn1C)C1CC1. The van der Waals surface area contributed by atoms with Gasteiger partial charge in [0.15, 0.2) is 0 Å². The van der Waals surface area contributed by atoms with Gasteiger partial charge in [0.05, 0.1) is 5.69 Å². The van der Waals surface area contributed by atoms with E-state index in [2.05, 4.69) is 30.9 Å². The molecule has 18 heavy (non-hydrogen) atoms. The molecule has 1 saturated carbocycles. The number of rotatable bonds is 7. The van der Waals surface area contributed by atoms with Crippen molar-refractivity contribution in [2.75, 3.05) is 18.0 Å². The molecule has 102 valence electrons. The molecule has 4 heteroatoms. The summed E-state index contributed by atoms with van der Waals surface area (Å²) >= 11 is 0. The van der Waals surface area contributed by atoms with Crippen LogP contribution in [0.15, 0.2) is 0 Å². The maximum Gasteiger partial charge on any atom is 0.130 e. The molecule has 0 radical (unpaired) electrons. The Balaban J connectivity index is 2.27. The van der Waals surface area contributed by atoms with Crippen LogP contribution in [0.1, 0.15) is 43.9 Å². The van der Waals surface area contributed by atoms with Gasteiger partial charge < -0.3 is 10.6 Å². The Bertz CT molecular complexity index is 393. The van der Waals surface area contributed by atoms with Gasteiger partial charge in [0.1, 0.15) is 5.82 Å². The van der Waals surface area contributed by atoms with E-state index in [0.29, 0.717) is 6.54 Å². The first-order valence-corrected chi connectivity index (χ1v) is 7.18. The topological polar surface area (TPSA) is 47.1 Å². The van der Waals surface area contributed by atoms with Crippen LogP contribution in [0.4, 0.5) is 5.82 Å². The lowest BCUT2D eigenvalue weighted by Gasteiger charge is -2.26. The average molecular weight is 250 g/mol. The van der Waals surface area contributed by atoms with Crippen molar-refractivity contribution < 1.29 is 0 Å². The van der Waals surface area contributed by atoms with E-state index in [1.807, 2.05) is 4.68 Å². The molecular formula is C14H26N4. The molecule has 1 aromatic heterocycles. The van der Waals surface area contributed by atoms with Gasteiger partial charge in [-0.25, -0.2) is 0 Å². The maximum absolute atomic E-state index is 5.74. The van der Waals surface area contributed by atoms with E-state index in [1.54, 1.807) is 0 Å². The molecule has 0 aliphatic heterocycles. The largest absolute Gasteiger partial charge is 0.354 e. The number of hydrogen-bond acceptors (Lipinski definition) is 3. The fourth-order valence-corrected chi connectivity index (χ4v) is 2.66. The third-order valence-electron chi connectivity index (χ3n) is 3.72. The number of nitrogens with zero attached hydrogens (tertiary/aromatic N) is 3. The Hall–Kier alpha value is -1.03. The van der Waals surface area contributed by atoms with Crippen molar-refractivity contribution in [3.05, 3.63) is 11.3 Å². The average Bonchev–Trinajstić information content (AvgIpc) is 3.12. The van der Waals surface area contributed by atoms with Crippen LogP contribution in [0.5, 0.6) is 0 Å². The minimum atomic E-state index is 0.700. The molecule has 0 unspecified atom stereocenters. The van der Waals surface area contributed by atoms with Crippen molar-refractivity contribution in [2.45, 2.75) is 52.0 Å². The van der Waals surface area contributed by atoms with Crippen molar-refractivity contribution in [1.82, 2.24) is 9.78 Å². The van der Waals surface area contributed by atoms with Gasteiger partial charge in [0.2, 0.25) is 0 Å². The van der Waals surface area contributed by atoms with Crippen molar-refractivity contribution in [2.24, 2.45) is 12.8 Å². The summed E-state index contributed by atoms with van der Waals surface area (Å²) in [4.78, 5) is 2.56. The highest BCUT2D eigenvalue weighted by Crippen LogP contribution is 2.34. The maximum atomic E-state index is 5.74. The standard InChI is InChI=1S/C14H26N4/c1-4-5-10-18(12-6-7-12)14-13(8-9-15)11(2)16-17(14)3/h12H,4-10,15H2,1-3H3. The fraction of sp³-hybridized carbons (Fsp3) is 0.786. The summed E-state index contributed by atoms with van der Waals surface area (Å²) in [6.45, 7) is 6.20. The molecule has 0 aromatic carbocycles. The molecule has 2 rings (SSSR count). The van der Waals surface area contributed by atoms with Crippen LogP contribution in [0.3, 0.4) is 0 Å². The highest BCUT2D eigenvalue weighted by Gasteiger charge is 2.32. The first kappa shape index (κ1) is 13.4.